The molecule has 0 bridgehead atoms. The molecule has 0 atom stereocenters. The number of thiophene rings is 1. The molecule has 0 aliphatic heterocycles. The second-order valence-electron chi connectivity index (χ2n) is 6.99. The van der Waals surface area contributed by atoms with E-state index in [1.165, 1.54) is 48.2 Å². The summed E-state index contributed by atoms with van der Waals surface area (Å²) < 4.78 is 5.77. The molecule has 1 aliphatic rings. The van der Waals surface area contributed by atoms with Crippen LogP contribution in [0.25, 0.3) is 31.7 Å². The van der Waals surface area contributed by atoms with Gasteiger partial charge in [-0.15, -0.1) is 11.3 Å². The second kappa shape index (κ2) is 7.72. The Morgan fingerprint density at radius 3 is 2.72 bits per heavy atom. The third kappa shape index (κ3) is 3.28. The first-order valence-corrected chi connectivity index (χ1v) is 11.4. The van der Waals surface area contributed by atoms with Crippen LogP contribution in [0.2, 0.25) is 0 Å². The van der Waals surface area contributed by atoms with Crippen molar-refractivity contribution < 1.29 is 9.53 Å². The Labute approximate surface area is 176 Å². The molecule has 5 nitrogen and oxygen atoms in total. The van der Waals surface area contributed by atoms with E-state index in [0.717, 1.165) is 44.2 Å². The lowest BCUT2D eigenvalue weighted by Gasteiger charge is -2.20. The lowest BCUT2D eigenvalue weighted by atomic mass is 9.87. The van der Waals surface area contributed by atoms with Gasteiger partial charge in [0.1, 0.15) is 16.2 Å². The zero-order valence-corrected chi connectivity index (χ0v) is 17.6. The minimum atomic E-state index is -0.259. The monoisotopic (exact) mass is 421 g/mol. The number of pyridine rings is 1. The van der Waals surface area contributed by atoms with E-state index in [1.807, 2.05) is 6.07 Å². The molecule has 146 valence electrons. The highest BCUT2D eigenvalue weighted by Gasteiger charge is 2.24. The first-order chi connectivity index (χ1) is 14.3. The summed E-state index contributed by atoms with van der Waals surface area (Å²) in [6, 6.07) is 10.4. The van der Waals surface area contributed by atoms with Crippen molar-refractivity contribution in [1.29, 1.82) is 0 Å². The Balaban J connectivity index is 1.73. The summed E-state index contributed by atoms with van der Waals surface area (Å²) in [7, 11) is 1.40. The van der Waals surface area contributed by atoms with Crippen molar-refractivity contribution in [3.8, 4) is 11.3 Å². The number of esters is 1. The van der Waals surface area contributed by atoms with Crippen molar-refractivity contribution >= 4 is 49.5 Å². The first kappa shape index (κ1) is 18.5. The third-order valence-corrected chi connectivity index (χ3v) is 7.46. The molecular formula is C22H19N3O2S2. The number of methoxy groups -OCH3 is 1. The van der Waals surface area contributed by atoms with E-state index in [-0.39, 0.29) is 11.7 Å². The van der Waals surface area contributed by atoms with E-state index in [9.17, 15) is 4.79 Å². The van der Waals surface area contributed by atoms with E-state index in [0.29, 0.717) is 0 Å². The summed E-state index contributed by atoms with van der Waals surface area (Å²) in [4.78, 5) is 26.7. The molecule has 0 amide bonds. The molecule has 3 heterocycles. The minimum absolute atomic E-state index is 0.234. The fraction of sp³-hybridized carbons (Fsp3) is 0.273. The number of hydrogen-bond donors (Lipinski definition) is 0. The molecule has 0 spiro atoms. The summed E-state index contributed by atoms with van der Waals surface area (Å²) in [6.07, 6.45) is 6.07. The van der Waals surface area contributed by atoms with Gasteiger partial charge >= 0.3 is 5.97 Å². The molecule has 4 aromatic rings. The molecular weight excluding hydrogens is 402 g/mol. The first-order valence-electron chi connectivity index (χ1n) is 9.60. The molecule has 0 unspecified atom stereocenters. The molecule has 5 rings (SSSR count). The molecule has 7 heteroatoms. The van der Waals surface area contributed by atoms with Gasteiger partial charge in [-0.3, -0.25) is 4.79 Å². The Hall–Kier alpha value is -2.51. The highest BCUT2D eigenvalue weighted by Crippen LogP contribution is 2.43. The molecule has 1 aliphatic carbocycles. The molecule has 1 aromatic carbocycles. The van der Waals surface area contributed by atoms with E-state index in [1.54, 1.807) is 17.7 Å². The van der Waals surface area contributed by atoms with Gasteiger partial charge in [0.25, 0.3) is 0 Å². The predicted molar refractivity (Wildman–Crippen MR) is 118 cm³/mol. The van der Waals surface area contributed by atoms with Crippen LogP contribution in [0.15, 0.2) is 41.7 Å². The number of hydrogen-bond acceptors (Lipinski definition) is 7. The van der Waals surface area contributed by atoms with Gasteiger partial charge in [-0.25, -0.2) is 15.0 Å². The summed E-state index contributed by atoms with van der Waals surface area (Å²) in [5, 5.41) is 1.98. The maximum atomic E-state index is 11.6. The number of ether oxygens (including phenoxy) is 1. The van der Waals surface area contributed by atoms with Crippen LogP contribution in [-0.4, -0.2) is 33.8 Å². The van der Waals surface area contributed by atoms with Gasteiger partial charge in [-0.05, 0) is 36.8 Å². The van der Waals surface area contributed by atoms with Crippen molar-refractivity contribution in [3.63, 3.8) is 0 Å². The van der Waals surface area contributed by atoms with Crippen LogP contribution in [-0.2, 0) is 22.4 Å². The molecule has 0 fully saturated rings. The van der Waals surface area contributed by atoms with Crippen LogP contribution in [0, 0.1) is 0 Å². The SMILES string of the molecule is COC(=O)CSc1ncnc2c1sc1nc(-c3ccccc3)c3c(c12)CCCC3. The fourth-order valence-electron chi connectivity index (χ4n) is 3.96. The summed E-state index contributed by atoms with van der Waals surface area (Å²) in [6.45, 7) is 0. The highest BCUT2D eigenvalue weighted by molar-refractivity contribution is 8.00. The van der Waals surface area contributed by atoms with E-state index >= 15 is 0 Å². The molecule has 3 aromatic heterocycles. The van der Waals surface area contributed by atoms with Crippen molar-refractivity contribution in [2.45, 2.75) is 30.7 Å². The number of fused-ring (bicyclic) bond motifs is 5. The van der Waals surface area contributed by atoms with Gasteiger partial charge in [0.05, 0.1) is 28.8 Å². The Kier molecular flexibility index (Phi) is 4.93. The van der Waals surface area contributed by atoms with Crippen LogP contribution in [0.3, 0.4) is 0 Å². The Bertz CT molecular complexity index is 1220. The van der Waals surface area contributed by atoms with Gasteiger partial charge in [0.15, 0.2) is 0 Å². The lowest BCUT2D eigenvalue weighted by molar-refractivity contribution is -0.137. The van der Waals surface area contributed by atoms with Gasteiger partial charge in [-0.2, -0.15) is 0 Å². The molecule has 29 heavy (non-hydrogen) atoms. The fourth-order valence-corrected chi connectivity index (χ4v) is 6.03. The maximum Gasteiger partial charge on any atom is 0.316 e. The average Bonchev–Trinajstić information content (AvgIpc) is 3.17. The third-order valence-electron chi connectivity index (χ3n) is 5.29. The second-order valence-corrected chi connectivity index (χ2v) is 8.96. The largest absolute Gasteiger partial charge is 0.468 e. The minimum Gasteiger partial charge on any atom is -0.468 e. The zero-order valence-electron chi connectivity index (χ0n) is 16.0. The van der Waals surface area contributed by atoms with Gasteiger partial charge in [0.2, 0.25) is 0 Å². The van der Waals surface area contributed by atoms with Crippen LogP contribution >= 0.6 is 23.1 Å². The summed E-state index contributed by atoms with van der Waals surface area (Å²) in [5.74, 6) is -0.0257. The number of thioether (sulfide) groups is 1. The number of aryl methyl sites for hydroxylation is 1. The molecule has 0 radical (unpaired) electrons. The van der Waals surface area contributed by atoms with Gasteiger partial charge in [0, 0.05) is 10.9 Å². The van der Waals surface area contributed by atoms with E-state index in [4.69, 9.17) is 9.72 Å². The van der Waals surface area contributed by atoms with Crippen molar-refractivity contribution in [2.75, 3.05) is 12.9 Å². The van der Waals surface area contributed by atoms with Crippen molar-refractivity contribution in [3.05, 3.63) is 47.8 Å². The number of aromatic nitrogens is 3. The highest BCUT2D eigenvalue weighted by atomic mass is 32.2. The Morgan fingerprint density at radius 1 is 1.14 bits per heavy atom. The van der Waals surface area contributed by atoms with Crippen LogP contribution in [0.5, 0.6) is 0 Å². The van der Waals surface area contributed by atoms with Crippen LogP contribution < -0.4 is 0 Å². The zero-order chi connectivity index (χ0) is 19.8. The van der Waals surface area contributed by atoms with Crippen molar-refractivity contribution in [1.82, 2.24) is 15.0 Å². The molecule has 0 saturated carbocycles. The van der Waals surface area contributed by atoms with E-state index in [2.05, 4.69) is 34.2 Å². The molecule has 0 saturated heterocycles. The van der Waals surface area contributed by atoms with Crippen LogP contribution in [0.4, 0.5) is 0 Å². The lowest BCUT2D eigenvalue weighted by Crippen LogP contribution is -2.07. The molecule has 0 N–H and O–H groups in total. The number of carbonyl (C=O) groups is 1. The Morgan fingerprint density at radius 2 is 1.93 bits per heavy atom. The van der Waals surface area contributed by atoms with Gasteiger partial charge in [-0.1, -0.05) is 42.1 Å². The predicted octanol–water partition coefficient (Wildman–Crippen LogP) is 5.05. The number of nitrogens with zero attached hydrogens (tertiary/aromatic N) is 3. The van der Waals surface area contributed by atoms with E-state index < -0.39 is 0 Å². The van der Waals surface area contributed by atoms with Gasteiger partial charge < -0.3 is 4.74 Å². The number of rotatable bonds is 4. The smallest absolute Gasteiger partial charge is 0.316 e. The topological polar surface area (TPSA) is 65.0 Å². The summed E-state index contributed by atoms with van der Waals surface area (Å²) in [5.41, 5.74) is 5.95. The van der Waals surface area contributed by atoms with Crippen LogP contribution in [0.1, 0.15) is 24.0 Å². The number of carbonyl (C=O) groups excluding carboxylic acids is 1. The quantitative estimate of drug-likeness (QED) is 0.261. The summed E-state index contributed by atoms with van der Waals surface area (Å²) >= 11 is 3.01. The normalized spacial score (nSPS) is 13.6. The standard InChI is InChI=1S/C22H19N3O2S2/c1-27-16(26)11-28-22-20-19(23-12-24-22)17-14-9-5-6-10-15(14)18(25-21(17)29-20)13-7-3-2-4-8-13/h2-4,7-8,12H,5-6,9-11H2,1H3. The van der Waals surface area contributed by atoms with Crippen molar-refractivity contribution in [2.24, 2.45) is 0 Å². The number of benzene rings is 1. The maximum absolute atomic E-state index is 11.6. The average molecular weight is 422 g/mol.